The van der Waals surface area contributed by atoms with Gasteiger partial charge in [-0.1, -0.05) is 0 Å². The van der Waals surface area contributed by atoms with E-state index in [1.807, 2.05) is 24.0 Å². The first-order valence-corrected chi connectivity index (χ1v) is 8.59. The topological polar surface area (TPSA) is 60.7 Å². The van der Waals surface area contributed by atoms with Crippen molar-refractivity contribution in [3.8, 4) is 0 Å². The third kappa shape index (κ3) is 6.19. The molecule has 0 aliphatic carbocycles. The van der Waals surface area contributed by atoms with Crippen LogP contribution in [0.1, 0.15) is 19.0 Å². The van der Waals surface area contributed by atoms with Gasteiger partial charge in [0.1, 0.15) is 0 Å². The van der Waals surface area contributed by atoms with Gasteiger partial charge in [-0.3, -0.25) is 4.68 Å². The summed E-state index contributed by atoms with van der Waals surface area (Å²) < 4.78 is 1.86. The molecule has 1 aliphatic heterocycles. The SMILES string of the molecule is CCNC(=NCc1ccnn1C)NCCN1CCCN(C)CC1. The number of nitrogens with zero attached hydrogens (tertiary/aromatic N) is 5. The van der Waals surface area contributed by atoms with Gasteiger partial charge >= 0.3 is 0 Å². The first-order chi connectivity index (χ1) is 11.2. The Morgan fingerprint density at radius 1 is 1.22 bits per heavy atom. The summed E-state index contributed by atoms with van der Waals surface area (Å²) in [4.78, 5) is 9.58. The fraction of sp³-hybridized carbons (Fsp3) is 0.750. The van der Waals surface area contributed by atoms with Crippen LogP contribution in [0.3, 0.4) is 0 Å². The summed E-state index contributed by atoms with van der Waals surface area (Å²) in [6.45, 7) is 10.3. The van der Waals surface area contributed by atoms with Gasteiger partial charge in [0, 0.05) is 46.0 Å². The minimum Gasteiger partial charge on any atom is -0.357 e. The maximum absolute atomic E-state index is 4.64. The zero-order valence-electron chi connectivity index (χ0n) is 14.8. The van der Waals surface area contributed by atoms with Crippen molar-refractivity contribution in [3.63, 3.8) is 0 Å². The number of aryl methyl sites for hydroxylation is 1. The number of guanidine groups is 1. The molecule has 7 nitrogen and oxygen atoms in total. The van der Waals surface area contributed by atoms with E-state index in [2.05, 4.69) is 44.5 Å². The third-order valence-electron chi connectivity index (χ3n) is 4.20. The lowest BCUT2D eigenvalue weighted by atomic mass is 10.4. The van der Waals surface area contributed by atoms with E-state index in [1.54, 1.807) is 0 Å². The summed E-state index contributed by atoms with van der Waals surface area (Å²) in [5, 5.41) is 10.9. The molecule has 0 unspecified atom stereocenters. The molecule has 0 amide bonds. The maximum Gasteiger partial charge on any atom is 0.191 e. The van der Waals surface area contributed by atoms with E-state index < -0.39 is 0 Å². The highest BCUT2D eigenvalue weighted by molar-refractivity contribution is 5.79. The van der Waals surface area contributed by atoms with Crippen LogP contribution >= 0.6 is 0 Å². The molecule has 0 saturated carbocycles. The molecule has 1 aromatic rings. The van der Waals surface area contributed by atoms with Crippen molar-refractivity contribution in [2.45, 2.75) is 19.9 Å². The van der Waals surface area contributed by atoms with Crippen molar-refractivity contribution in [3.05, 3.63) is 18.0 Å². The Morgan fingerprint density at radius 2 is 2.09 bits per heavy atom. The molecule has 0 spiro atoms. The van der Waals surface area contributed by atoms with Gasteiger partial charge in [0.2, 0.25) is 0 Å². The Kier molecular flexibility index (Phi) is 7.35. The van der Waals surface area contributed by atoms with Crippen LogP contribution in [0.5, 0.6) is 0 Å². The average molecular weight is 321 g/mol. The Morgan fingerprint density at radius 3 is 2.83 bits per heavy atom. The lowest BCUT2D eigenvalue weighted by Crippen LogP contribution is -2.42. The van der Waals surface area contributed by atoms with E-state index >= 15 is 0 Å². The van der Waals surface area contributed by atoms with Crippen LogP contribution in [0, 0.1) is 0 Å². The molecular formula is C16H31N7. The lowest BCUT2D eigenvalue weighted by molar-refractivity contribution is 0.280. The van der Waals surface area contributed by atoms with Crippen molar-refractivity contribution in [2.75, 3.05) is 52.9 Å². The third-order valence-corrected chi connectivity index (χ3v) is 4.20. The minimum absolute atomic E-state index is 0.639. The second-order valence-electron chi connectivity index (χ2n) is 6.07. The van der Waals surface area contributed by atoms with Gasteiger partial charge in [-0.25, -0.2) is 4.99 Å². The quantitative estimate of drug-likeness (QED) is 0.575. The number of hydrogen-bond acceptors (Lipinski definition) is 4. The molecule has 1 saturated heterocycles. The lowest BCUT2D eigenvalue weighted by Gasteiger charge is -2.21. The molecule has 0 atom stereocenters. The predicted octanol–water partition coefficient (Wildman–Crippen LogP) is 0.113. The molecule has 2 heterocycles. The molecule has 1 aromatic heterocycles. The highest BCUT2D eigenvalue weighted by atomic mass is 15.3. The van der Waals surface area contributed by atoms with E-state index in [0.29, 0.717) is 6.54 Å². The average Bonchev–Trinajstić information content (AvgIpc) is 2.83. The summed E-state index contributed by atoms with van der Waals surface area (Å²) in [6.07, 6.45) is 3.06. The van der Waals surface area contributed by atoms with E-state index in [-0.39, 0.29) is 0 Å². The van der Waals surface area contributed by atoms with Crippen LogP contribution in [0.25, 0.3) is 0 Å². The van der Waals surface area contributed by atoms with Crippen LogP contribution in [0.15, 0.2) is 17.3 Å². The first kappa shape index (κ1) is 17.7. The number of aliphatic imine (C=N–C) groups is 1. The molecule has 0 radical (unpaired) electrons. The van der Waals surface area contributed by atoms with E-state index in [9.17, 15) is 0 Å². The van der Waals surface area contributed by atoms with Crippen molar-refractivity contribution in [1.82, 2.24) is 30.2 Å². The summed E-state index contributed by atoms with van der Waals surface area (Å²) >= 11 is 0. The normalized spacial score (nSPS) is 18.0. The molecule has 0 aromatic carbocycles. The molecule has 2 N–H and O–H groups in total. The van der Waals surface area contributed by atoms with Crippen molar-refractivity contribution in [1.29, 1.82) is 0 Å². The van der Waals surface area contributed by atoms with Gasteiger partial charge in [0.15, 0.2) is 5.96 Å². The van der Waals surface area contributed by atoms with Crippen molar-refractivity contribution in [2.24, 2.45) is 12.0 Å². The summed E-state index contributed by atoms with van der Waals surface area (Å²) in [6, 6.07) is 2.00. The molecule has 1 fully saturated rings. The number of likely N-dealkylation sites (N-methyl/N-ethyl adjacent to an activating group) is 1. The maximum atomic E-state index is 4.64. The number of hydrogen-bond donors (Lipinski definition) is 2. The van der Waals surface area contributed by atoms with Gasteiger partial charge in [-0.05, 0) is 39.5 Å². The molecule has 7 heteroatoms. The molecule has 1 aliphatic rings. The van der Waals surface area contributed by atoms with Crippen molar-refractivity contribution >= 4 is 5.96 Å². The van der Waals surface area contributed by atoms with Gasteiger partial charge in [0.25, 0.3) is 0 Å². The van der Waals surface area contributed by atoms with Crippen LogP contribution < -0.4 is 10.6 Å². The van der Waals surface area contributed by atoms with Gasteiger partial charge in [0.05, 0.1) is 12.2 Å². The molecule has 130 valence electrons. The van der Waals surface area contributed by atoms with Crippen LogP contribution in [-0.2, 0) is 13.6 Å². The van der Waals surface area contributed by atoms with Crippen molar-refractivity contribution < 1.29 is 0 Å². The van der Waals surface area contributed by atoms with Crippen LogP contribution in [0.4, 0.5) is 0 Å². The predicted molar refractivity (Wildman–Crippen MR) is 94.6 cm³/mol. The van der Waals surface area contributed by atoms with E-state index in [0.717, 1.165) is 44.4 Å². The van der Waals surface area contributed by atoms with Gasteiger partial charge in [-0.2, -0.15) is 5.10 Å². The summed E-state index contributed by atoms with van der Waals surface area (Å²) in [7, 11) is 4.15. The summed E-state index contributed by atoms with van der Waals surface area (Å²) in [5.41, 5.74) is 1.11. The monoisotopic (exact) mass is 321 g/mol. The zero-order valence-corrected chi connectivity index (χ0v) is 14.8. The Labute approximate surface area is 139 Å². The first-order valence-electron chi connectivity index (χ1n) is 8.59. The van der Waals surface area contributed by atoms with E-state index in [4.69, 9.17) is 0 Å². The Hall–Kier alpha value is -1.60. The number of nitrogens with one attached hydrogen (secondary N) is 2. The minimum atomic E-state index is 0.639. The van der Waals surface area contributed by atoms with E-state index in [1.165, 1.54) is 19.5 Å². The number of aromatic nitrogens is 2. The standard InChI is InChI=1S/C16H31N7/c1-4-17-16(19-14-15-6-7-20-22(15)3)18-8-11-23-10-5-9-21(2)12-13-23/h6-7H,4-5,8-14H2,1-3H3,(H2,17,18,19). The molecular weight excluding hydrogens is 290 g/mol. The Bertz CT molecular complexity index is 483. The number of rotatable bonds is 6. The zero-order chi connectivity index (χ0) is 16.5. The molecule has 0 bridgehead atoms. The second-order valence-corrected chi connectivity index (χ2v) is 6.07. The largest absolute Gasteiger partial charge is 0.357 e. The van der Waals surface area contributed by atoms with Gasteiger partial charge < -0.3 is 20.4 Å². The molecule has 23 heavy (non-hydrogen) atoms. The fourth-order valence-electron chi connectivity index (χ4n) is 2.71. The summed E-state index contributed by atoms with van der Waals surface area (Å²) in [5.74, 6) is 0.876. The fourth-order valence-corrected chi connectivity index (χ4v) is 2.71. The second kappa shape index (κ2) is 9.52. The highest BCUT2D eigenvalue weighted by Crippen LogP contribution is 2.00. The molecule has 2 rings (SSSR count). The van der Waals surface area contributed by atoms with Crippen LogP contribution in [-0.4, -0.2) is 78.4 Å². The smallest absolute Gasteiger partial charge is 0.191 e. The Balaban J connectivity index is 1.76. The highest BCUT2D eigenvalue weighted by Gasteiger charge is 2.11. The van der Waals surface area contributed by atoms with Gasteiger partial charge in [-0.15, -0.1) is 0 Å². The van der Waals surface area contributed by atoms with Crippen LogP contribution in [0.2, 0.25) is 0 Å².